The molecule has 1 aromatic heterocycles. The van der Waals surface area contributed by atoms with Crippen molar-refractivity contribution in [1.29, 1.82) is 10.5 Å². The van der Waals surface area contributed by atoms with Crippen LogP contribution >= 0.6 is 0 Å². The van der Waals surface area contributed by atoms with Gasteiger partial charge in [-0.25, -0.2) is 0 Å². The summed E-state index contributed by atoms with van der Waals surface area (Å²) in [5.74, 6) is -0.184. The lowest BCUT2D eigenvalue weighted by Gasteiger charge is -2.24. The minimum atomic E-state index is -0.184. The number of hydrogen-bond donors (Lipinski definition) is 1. The second kappa shape index (κ2) is 4.73. The fourth-order valence-electron chi connectivity index (χ4n) is 2.08. The summed E-state index contributed by atoms with van der Waals surface area (Å²) in [4.78, 5) is 4.05. The molecule has 88 valence electrons. The van der Waals surface area contributed by atoms with Crippen molar-refractivity contribution in [3.8, 4) is 12.1 Å². The predicted molar refractivity (Wildman–Crippen MR) is 67.4 cm³/mol. The van der Waals surface area contributed by atoms with Gasteiger partial charge in [-0.05, 0) is 19.1 Å². The van der Waals surface area contributed by atoms with Gasteiger partial charge in [-0.3, -0.25) is 4.98 Å². The molecular formula is C14H12N4. The van der Waals surface area contributed by atoms with Crippen LogP contribution in [-0.2, 0) is 0 Å². The Labute approximate surface area is 106 Å². The van der Waals surface area contributed by atoms with E-state index in [2.05, 4.69) is 22.4 Å². The van der Waals surface area contributed by atoms with Gasteiger partial charge in [0, 0.05) is 29.6 Å². The molecule has 1 aliphatic rings. The van der Waals surface area contributed by atoms with Gasteiger partial charge in [0.1, 0.15) is 0 Å². The van der Waals surface area contributed by atoms with E-state index in [-0.39, 0.29) is 5.92 Å². The van der Waals surface area contributed by atoms with E-state index in [0.717, 1.165) is 17.0 Å². The number of nitrogens with zero attached hydrogens (tertiary/aromatic N) is 3. The van der Waals surface area contributed by atoms with Crippen LogP contribution in [0, 0.1) is 28.6 Å². The average Bonchev–Trinajstić information content (AvgIpc) is 2.39. The molecule has 0 spiro atoms. The molecule has 2 heterocycles. The van der Waals surface area contributed by atoms with Gasteiger partial charge in [-0.15, -0.1) is 0 Å². The summed E-state index contributed by atoms with van der Waals surface area (Å²) in [7, 11) is 0. The molecule has 4 nitrogen and oxygen atoms in total. The van der Waals surface area contributed by atoms with E-state index in [4.69, 9.17) is 5.26 Å². The van der Waals surface area contributed by atoms with Crippen LogP contribution in [0.5, 0.6) is 0 Å². The number of hydrogen-bond acceptors (Lipinski definition) is 4. The highest BCUT2D eigenvalue weighted by molar-refractivity contribution is 5.74. The van der Waals surface area contributed by atoms with Crippen LogP contribution in [0.3, 0.4) is 0 Å². The molecule has 2 rings (SSSR count). The van der Waals surface area contributed by atoms with Gasteiger partial charge >= 0.3 is 0 Å². The minimum absolute atomic E-state index is 0.184. The van der Waals surface area contributed by atoms with E-state index in [1.807, 2.05) is 26.0 Å². The van der Waals surface area contributed by atoms with E-state index < -0.39 is 0 Å². The maximum Gasteiger partial charge on any atom is 0.0975 e. The van der Waals surface area contributed by atoms with Crippen LogP contribution in [0.15, 0.2) is 41.4 Å². The SMILES string of the molecule is CC1=C(C#N)[C@@H](C)C(C#N)=C(c2cccnc2)N1. The molecule has 1 aliphatic heterocycles. The fourth-order valence-corrected chi connectivity index (χ4v) is 2.08. The number of allylic oxidation sites excluding steroid dienone is 3. The van der Waals surface area contributed by atoms with E-state index in [1.54, 1.807) is 12.4 Å². The van der Waals surface area contributed by atoms with Crippen molar-refractivity contribution in [1.82, 2.24) is 10.3 Å². The van der Waals surface area contributed by atoms with Crippen molar-refractivity contribution in [2.75, 3.05) is 0 Å². The summed E-state index contributed by atoms with van der Waals surface area (Å²) >= 11 is 0. The highest BCUT2D eigenvalue weighted by Gasteiger charge is 2.26. The van der Waals surface area contributed by atoms with Gasteiger partial charge in [0.05, 0.1) is 29.0 Å². The lowest BCUT2D eigenvalue weighted by atomic mass is 9.87. The Kier molecular flexibility index (Phi) is 3.12. The van der Waals surface area contributed by atoms with Gasteiger partial charge in [0.25, 0.3) is 0 Å². The summed E-state index contributed by atoms with van der Waals surface area (Å²) in [6.07, 6.45) is 3.39. The molecule has 0 radical (unpaired) electrons. The molecule has 0 saturated carbocycles. The Balaban J connectivity index is 2.55. The molecular weight excluding hydrogens is 224 g/mol. The lowest BCUT2D eigenvalue weighted by Crippen LogP contribution is -2.23. The monoisotopic (exact) mass is 236 g/mol. The third kappa shape index (κ3) is 1.85. The summed E-state index contributed by atoms with van der Waals surface area (Å²) in [6, 6.07) is 8.06. The van der Waals surface area contributed by atoms with Crippen LogP contribution in [0.25, 0.3) is 5.70 Å². The first kappa shape index (κ1) is 11.9. The first-order valence-corrected chi connectivity index (χ1v) is 5.61. The number of rotatable bonds is 1. The quantitative estimate of drug-likeness (QED) is 0.812. The standard InChI is InChI=1S/C14H12N4/c1-9-12(6-15)10(2)18-14(13(9)7-16)11-4-3-5-17-8-11/h3-5,8-9,18H,1-2H3/t9-/m1/s1. The maximum atomic E-state index is 9.29. The molecule has 4 heteroatoms. The number of aromatic nitrogens is 1. The van der Waals surface area contributed by atoms with Crippen LogP contribution < -0.4 is 5.32 Å². The largest absolute Gasteiger partial charge is 0.357 e. The van der Waals surface area contributed by atoms with Crippen molar-refractivity contribution < 1.29 is 0 Å². The molecule has 0 fully saturated rings. The Morgan fingerprint density at radius 3 is 2.56 bits per heavy atom. The van der Waals surface area contributed by atoms with Crippen molar-refractivity contribution >= 4 is 5.70 Å². The van der Waals surface area contributed by atoms with E-state index in [9.17, 15) is 5.26 Å². The van der Waals surface area contributed by atoms with Crippen molar-refractivity contribution in [3.63, 3.8) is 0 Å². The van der Waals surface area contributed by atoms with Crippen LogP contribution in [0.2, 0.25) is 0 Å². The molecule has 0 aliphatic carbocycles. The smallest absolute Gasteiger partial charge is 0.0975 e. The van der Waals surface area contributed by atoms with Gasteiger partial charge < -0.3 is 5.32 Å². The topological polar surface area (TPSA) is 72.5 Å². The Morgan fingerprint density at radius 1 is 1.28 bits per heavy atom. The highest BCUT2D eigenvalue weighted by Crippen LogP contribution is 2.32. The Hall–Kier alpha value is -2.59. The second-order valence-corrected chi connectivity index (χ2v) is 4.14. The maximum absolute atomic E-state index is 9.29. The normalized spacial score (nSPS) is 19.0. The van der Waals surface area contributed by atoms with Gasteiger partial charge in [-0.2, -0.15) is 10.5 Å². The summed E-state index contributed by atoms with van der Waals surface area (Å²) < 4.78 is 0. The third-order valence-electron chi connectivity index (χ3n) is 3.04. The molecule has 1 N–H and O–H groups in total. The van der Waals surface area contributed by atoms with E-state index in [0.29, 0.717) is 11.1 Å². The first-order valence-electron chi connectivity index (χ1n) is 5.61. The number of nitriles is 2. The summed E-state index contributed by atoms with van der Waals surface area (Å²) in [5, 5.41) is 21.5. The van der Waals surface area contributed by atoms with Crippen molar-refractivity contribution in [3.05, 3.63) is 46.9 Å². The predicted octanol–water partition coefficient (Wildman–Crippen LogP) is 2.35. The van der Waals surface area contributed by atoms with E-state index in [1.165, 1.54) is 0 Å². The molecule has 1 aromatic rings. The Morgan fingerprint density at radius 2 is 2.00 bits per heavy atom. The lowest BCUT2D eigenvalue weighted by molar-refractivity contribution is 0.790. The molecule has 0 unspecified atom stereocenters. The zero-order valence-electron chi connectivity index (χ0n) is 10.2. The number of pyridine rings is 1. The first-order chi connectivity index (χ1) is 8.69. The highest BCUT2D eigenvalue weighted by atomic mass is 14.9. The molecule has 1 atom stereocenters. The van der Waals surface area contributed by atoms with Gasteiger partial charge in [0.15, 0.2) is 0 Å². The summed E-state index contributed by atoms with van der Waals surface area (Å²) in [6.45, 7) is 3.72. The van der Waals surface area contributed by atoms with Crippen LogP contribution in [0.1, 0.15) is 19.4 Å². The van der Waals surface area contributed by atoms with Crippen molar-refractivity contribution in [2.45, 2.75) is 13.8 Å². The third-order valence-corrected chi connectivity index (χ3v) is 3.04. The van der Waals surface area contributed by atoms with Gasteiger partial charge in [0.2, 0.25) is 0 Å². The van der Waals surface area contributed by atoms with Crippen LogP contribution in [-0.4, -0.2) is 4.98 Å². The Bertz CT molecular complexity index is 611. The zero-order chi connectivity index (χ0) is 13.1. The summed E-state index contributed by atoms with van der Waals surface area (Å²) in [5.41, 5.74) is 3.58. The fraction of sp³-hybridized carbons (Fsp3) is 0.214. The minimum Gasteiger partial charge on any atom is -0.357 e. The number of dihydropyridines is 1. The average molecular weight is 236 g/mol. The number of nitrogens with one attached hydrogen (secondary N) is 1. The zero-order valence-corrected chi connectivity index (χ0v) is 10.2. The molecule has 0 aromatic carbocycles. The van der Waals surface area contributed by atoms with Gasteiger partial charge in [-0.1, -0.05) is 6.92 Å². The molecule has 0 bridgehead atoms. The molecule has 0 amide bonds. The van der Waals surface area contributed by atoms with E-state index >= 15 is 0 Å². The molecule has 0 saturated heterocycles. The second-order valence-electron chi connectivity index (χ2n) is 4.14. The van der Waals surface area contributed by atoms with Crippen LogP contribution in [0.4, 0.5) is 0 Å². The van der Waals surface area contributed by atoms with Crippen molar-refractivity contribution in [2.24, 2.45) is 5.92 Å². The molecule has 18 heavy (non-hydrogen) atoms.